The van der Waals surface area contributed by atoms with Crippen LogP contribution in [0.15, 0.2) is 35.0 Å². The number of nitrogens with one attached hydrogen (secondary N) is 1. The van der Waals surface area contributed by atoms with Crippen molar-refractivity contribution in [3.05, 3.63) is 46.2 Å². The van der Waals surface area contributed by atoms with E-state index < -0.39 is 6.10 Å². The third kappa shape index (κ3) is 3.97. The highest BCUT2D eigenvalue weighted by atomic mass is 32.1. The van der Waals surface area contributed by atoms with Crippen molar-refractivity contribution in [1.29, 1.82) is 0 Å². The number of aliphatic hydroxyl groups excluding tert-OH is 1. The summed E-state index contributed by atoms with van der Waals surface area (Å²) in [6.07, 6.45) is -0.504. The summed E-state index contributed by atoms with van der Waals surface area (Å²) in [7, 11) is 3.29. The van der Waals surface area contributed by atoms with E-state index in [0.29, 0.717) is 6.54 Å². The lowest BCUT2D eigenvalue weighted by atomic mass is 10.1. The predicted octanol–water partition coefficient (Wildman–Crippen LogP) is 3.15. The second kappa shape index (κ2) is 7.45. The number of hydrogen-bond donors (Lipinski definition) is 2. The van der Waals surface area contributed by atoms with Gasteiger partial charge in [0.1, 0.15) is 11.5 Å². The molecule has 114 valence electrons. The first-order chi connectivity index (χ1) is 10.2. The fourth-order valence-electron chi connectivity index (χ4n) is 2.16. The van der Waals surface area contributed by atoms with Crippen LogP contribution < -0.4 is 14.8 Å². The summed E-state index contributed by atoms with van der Waals surface area (Å²) < 4.78 is 10.6. The first-order valence-electron chi connectivity index (χ1n) is 6.81. The maximum Gasteiger partial charge on any atom is 0.123 e. The van der Waals surface area contributed by atoms with E-state index >= 15 is 0 Å². The van der Waals surface area contributed by atoms with Gasteiger partial charge in [-0.15, -0.1) is 0 Å². The molecule has 0 radical (unpaired) electrons. The standard InChI is InChI=1S/C16H21NO3S/c1-11(17-9-15(18)12-6-7-21-10-12)14-8-13(19-2)4-5-16(14)20-3/h4-8,10-11,15,17-18H,9H2,1-3H3. The van der Waals surface area contributed by atoms with Crippen LogP contribution >= 0.6 is 11.3 Å². The zero-order valence-electron chi connectivity index (χ0n) is 12.5. The van der Waals surface area contributed by atoms with Crippen LogP contribution in [0.1, 0.15) is 30.2 Å². The highest BCUT2D eigenvalue weighted by Gasteiger charge is 2.15. The minimum atomic E-state index is -0.504. The Morgan fingerprint density at radius 3 is 2.67 bits per heavy atom. The third-order valence-electron chi connectivity index (χ3n) is 3.45. The van der Waals surface area contributed by atoms with E-state index in [1.165, 1.54) is 0 Å². The van der Waals surface area contributed by atoms with Gasteiger partial charge in [0.05, 0.1) is 20.3 Å². The van der Waals surface area contributed by atoms with Crippen LogP contribution in [0.3, 0.4) is 0 Å². The fraction of sp³-hybridized carbons (Fsp3) is 0.375. The lowest BCUT2D eigenvalue weighted by Crippen LogP contribution is -2.24. The molecule has 0 fully saturated rings. The number of aliphatic hydroxyl groups is 1. The summed E-state index contributed by atoms with van der Waals surface area (Å²) in [5.41, 5.74) is 1.95. The van der Waals surface area contributed by atoms with Crippen LogP contribution in [0.5, 0.6) is 11.5 Å². The van der Waals surface area contributed by atoms with E-state index in [-0.39, 0.29) is 6.04 Å². The minimum Gasteiger partial charge on any atom is -0.497 e. The van der Waals surface area contributed by atoms with Crippen molar-refractivity contribution in [3.8, 4) is 11.5 Å². The Hall–Kier alpha value is -1.56. The van der Waals surface area contributed by atoms with Gasteiger partial charge in [-0.1, -0.05) is 0 Å². The molecule has 2 N–H and O–H groups in total. The molecule has 2 rings (SSSR count). The molecule has 4 nitrogen and oxygen atoms in total. The van der Waals surface area contributed by atoms with E-state index in [2.05, 4.69) is 5.32 Å². The number of ether oxygens (including phenoxy) is 2. The Morgan fingerprint density at radius 2 is 2.05 bits per heavy atom. The Morgan fingerprint density at radius 1 is 1.24 bits per heavy atom. The summed E-state index contributed by atoms with van der Waals surface area (Å²) in [5.74, 6) is 1.60. The molecule has 2 aromatic rings. The second-order valence-electron chi connectivity index (χ2n) is 4.81. The topological polar surface area (TPSA) is 50.7 Å². The maximum absolute atomic E-state index is 10.1. The molecule has 0 saturated heterocycles. The average molecular weight is 307 g/mol. The molecule has 0 bridgehead atoms. The minimum absolute atomic E-state index is 0.0448. The molecule has 2 unspecified atom stereocenters. The van der Waals surface area contributed by atoms with Gasteiger partial charge < -0.3 is 19.9 Å². The first-order valence-corrected chi connectivity index (χ1v) is 7.75. The lowest BCUT2D eigenvalue weighted by molar-refractivity contribution is 0.171. The molecule has 1 heterocycles. The van der Waals surface area contributed by atoms with Crippen molar-refractivity contribution in [2.24, 2.45) is 0 Å². The van der Waals surface area contributed by atoms with Crippen LogP contribution in [0.4, 0.5) is 0 Å². The summed E-state index contributed by atoms with van der Waals surface area (Å²) in [6, 6.07) is 7.70. The van der Waals surface area contributed by atoms with Gasteiger partial charge in [-0.25, -0.2) is 0 Å². The van der Waals surface area contributed by atoms with Gasteiger partial charge in [-0.05, 0) is 47.5 Å². The average Bonchev–Trinajstić information content (AvgIpc) is 3.06. The molecule has 0 aliphatic rings. The molecule has 0 saturated carbocycles. The van der Waals surface area contributed by atoms with Gasteiger partial charge in [-0.3, -0.25) is 0 Å². The summed E-state index contributed by atoms with van der Waals surface area (Å²) >= 11 is 1.59. The third-order valence-corrected chi connectivity index (χ3v) is 4.15. The largest absolute Gasteiger partial charge is 0.497 e. The SMILES string of the molecule is COc1ccc(OC)c(C(C)NCC(O)c2ccsc2)c1. The number of benzene rings is 1. The van der Waals surface area contributed by atoms with E-state index in [9.17, 15) is 5.11 Å². The molecule has 0 aliphatic carbocycles. The molecule has 5 heteroatoms. The highest BCUT2D eigenvalue weighted by molar-refractivity contribution is 7.07. The maximum atomic E-state index is 10.1. The van der Waals surface area contributed by atoms with Crippen molar-refractivity contribution in [3.63, 3.8) is 0 Å². The summed E-state index contributed by atoms with van der Waals surface area (Å²) in [6.45, 7) is 2.52. The Kier molecular flexibility index (Phi) is 5.61. The fourth-order valence-corrected chi connectivity index (χ4v) is 2.87. The molecular weight excluding hydrogens is 286 g/mol. The highest BCUT2D eigenvalue weighted by Crippen LogP contribution is 2.29. The number of rotatable bonds is 7. The zero-order chi connectivity index (χ0) is 15.2. The molecule has 1 aromatic carbocycles. The molecule has 2 atom stereocenters. The predicted molar refractivity (Wildman–Crippen MR) is 85.2 cm³/mol. The Bertz CT molecular complexity index is 557. The van der Waals surface area contributed by atoms with Crippen molar-refractivity contribution in [2.75, 3.05) is 20.8 Å². The van der Waals surface area contributed by atoms with Gasteiger partial charge in [-0.2, -0.15) is 11.3 Å². The van der Waals surface area contributed by atoms with Gasteiger partial charge in [0.25, 0.3) is 0 Å². The van der Waals surface area contributed by atoms with Crippen LogP contribution in [-0.2, 0) is 0 Å². The number of hydrogen-bond acceptors (Lipinski definition) is 5. The van der Waals surface area contributed by atoms with E-state index in [1.54, 1.807) is 25.6 Å². The Balaban J connectivity index is 2.04. The number of methoxy groups -OCH3 is 2. The lowest BCUT2D eigenvalue weighted by Gasteiger charge is -2.20. The van der Waals surface area contributed by atoms with Gasteiger partial charge in [0, 0.05) is 18.2 Å². The monoisotopic (exact) mass is 307 g/mol. The zero-order valence-corrected chi connectivity index (χ0v) is 13.3. The number of thiophene rings is 1. The van der Waals surface area contributed by atoms with E-state index in [4.69, 9.17) is 9.47 Å². The first kappa shape index (κ1) is 15.8. The second-order valence-corrected chi connectivity index (χ2v) is 5.59. The van der Waals surface area contributed by atoms with Crippen LogP contribution in [-0.4, -0.2) is 25.9 Å². The molecule has 0 spiro atoms. The molecule has 1 aromatic heterocycles. The summed E-state index contributed by atoms with van der Waals surface area (Å²) in [4.78, 5) is 0. The van der Waals surface area contributed by atoms with E-state index in [0.717, 1.165) is 22.6 Å². The van der Waals surface area contributed by atoms with Crippen LogP contribution in [0.25, 0.3) is 0 Å². The smallest absolute Gasteiger partial charge is 0.123 e. The van der Waals surface area contributed by atoms with E-state index in [1.807, 2.05) is 41.9 Å². The molecule has 0 aliphatic heterocycles. The van der Waals surface area contributed by atoms with Gasteiger partial charge >= 0.3 is 0 Å². The Labute approximate surface area is 129 Å². The van der Waals surface area contributed by atoms with Crippen molar-refractivity contribution in [1.82, 2.24) is 5.32 Å². The molecule has 0 amide bonds. The van der Waals surface area contributed by atoms with Crippen LogP contribution in [0.2, 0.25) is 0 Å². The summed E-state index contributed by atoms with van der Waals surface area (Å²) in [5, 5.41) is 17.4. The van der Waals surface area contributed by atoms with Crippen molar-refractivity contribution >= 4 is 11.3 Å². The van der Waals surface area contributed by atoms with Crippen LogP contribution in [0, 0.1) is 0 Å². The van der Waals surface area contributed by atoms with Gasteiger partial charge in [0.2, 0.25) is 0 Å². The van der Waals surface area contributed by atoms with Crippen molar-refractivity contribution < 1.29 is 14.6 Å². The quantitative estimate of drug-likeness (QED) is 0.825. The normalized spacial score (nSPS) is 13.7. The molecular formula is C16H21NO3S. The van der Waals surface area contributed by atoms with Gasteiger partial charge in [0.15, 0.2) is 0 Å². The van der Waals surface area contributed by atoms with Crippen molar-refractivity contribution in [2.45, 2.75) is 19.1 Å². The molecule has 21 heavy (non-hydrogen) atoms.